The van der Waals surface area contributed by atoms with Crippen LogP contribution < -0.4 is 16.6 Å². The summed E-state index contributed by atoms with van der Waals surface area (Å²) in [5, 5.41) is 2.85. The highest BCUT2D eigenvalue weighted by molar-refractivity contribution is 9.10. The third kappa shape index (κ3) is 4.03. The Balaban J connectivity index is 2.25. The van der Waals surface area contributed by atoms with E-state index in [1.165, 1.54) is 0 Å². The lowest BCUT2D eigenvalue weighted by atomic mass is 10.1. The molecule has 0 atom stereocenters. The van der Waals surface area contributed by atoms with Crippen LogP contribution in [0.3, 0.4) is 0 Å². The highest BCUT2D eigenvalue weighted by Crippen LogP contribution is 2.19. The topological polar surface area (TPSA) is 80.0 Å². The first-order valence-electron chi connectivity index (χ1n) is 6.55. The van der Waals surface area contributed by atoms with E-state index < -0.39 is 0 Å². The number of hydrogen-bond donors (Lipinski definition) is 3. The molecule has 0 aliphatic heterocycles. The molecule has 0 spiro atoms. The number of carbonyl (C=O) groups is 1. The van der Waals surface area contributed by atoms with E-state index in [0.29, 0.717) is 11.4 Å². The van der Waals surface area contributed by atoms with Crippen molar-refractivity contribution in [3.05, 3.63) is 52.1 Å². The van der Waals surface area contributed by atoms with Crippen LogP contribution in [0.1, 0.15) is 35.8 Å². The van der Waals surface area contributed by atoms with Crippen molar-refractivity contribution in [1.82, 2.24) is 4.98 Å². The summed E-state index contributed by atoms with van der Waals surface area (Å²) in [5.74, 6) is 5.89. The lowest BCUT2D eigenvalue weighted by molar-refractivity contribution is 0.102. The molecule has 110 valence electrons. The van der Waals surface area contributed by atoms with Crippen LogP contribution in [-0.2, 0) is 0 Å². The minimum Gasteiger partial charge on any atom is -0.322 e. The Morgan fingerprint density at radius 3 is 2.48 bits per heavy atom. The normalized spacial score (nSPS) is 10.5. The van der Waals surface area contributed by atoms with Crippen molar-refractivity contribution in [2.24, 2.45) is 5.84 Å². The minimum atomic E-state index is -0.196. The highest BCUT2D eigenvalue weighted by atomic mass is 79.9. The zero-order chi connectivity index (χ0) is 15.4. The average Bonchev–Trinajstić information content (AvgIpc) is 2.49. The van der Waals surface area contributed by atoms with Gasteiger partial charge in [0.15, 0.2) is 0 Å². The Labute approximate surface area is 132 Å². The predicted octanol–water partition coefficient (Wildman–Crippen LogP) is 3.51. The molecule has 5 nitrogen and oxygen atoms in total. The van der Waals surface area contributed by atoms with Gasteiger partial charge in [0.2, 0.25) is 0 Å². The van der Waals surface area contributed by atoms with Gasteiger partial charge in [0.25, 0.3) is 5.91 Å². The fourth-order valence-corrected chi connectivity index (χ4v) is 2.05. The van der Waals surface area contributed by atoms with Gasteiger partial charge in [-0.2, -0.15) is 0 Å². The van der Waals surface area contributed by atoms with Crippen molar-refractivity contribution in [2.45, 2.75) is 19.8 Å². The first kappa shape index (κ1) is 15.5. The van der Waals surface area contributed by atoms with Crippen molar-refractivity contribution in [3.63, 3.8) is 0 Å². The number of rotatable bonds is 4. The van der Waals surface area contributed by atoms with Crippen LogP contribution in [0.4, 0.5) is 11.5 Å². The van der Waals surface area contributed by atoms with Crippen molar-refractivity contribution in [1.29, 1.82) is 0 Å². The van der Waals surface area contributed by atoms with Crippen LogP contribution in [0.5, 0.6) is 0 Å². The number of amides is 1. The SMILES string of the molecule is CC(C)c1cc(C(=O)Nc2ccc(Br)cc2)cc(NN)n1. The van der Waals surface area contributed by atoms with Crippen LogP contribution in [-0.4, -0.2) is 10.9 Å². The molecule has 2 aromatic rings. The number of halogens is 1. The van der Waals surface area contributed by atoms with Crippen molar-refractivity contribution < 1.29 is 4.79 Å². The number of pyridine rings is 1. The fraction of sp³-hybridized carbons (Fsp3) is 0.200. The Morgan fingerprint density at radius 2 is 1.90 bits per heavy atom. The van der Waals surface area contributed by atoms with Crippen molar-refractivity contribution in [3.8, 4) is 0 Å². The summed E-state index contributed by atoms with van der Waals surface area (Å²) >= 11 is 3.36. The summed E-state index contributed by atoms with van der Waals surface area (Å²) in [6.07, 6.45) is 0. The quantitative estimate of drug-likeness (QED) is 0.583. The van der Waals surface area contributed by atoms with Gasteiger partial charge in [-0.3, -0.25) is 4.79 Å². The third-order valence-corrected chi connectivity index (χ3v) is 3.48. The fourth-order valence-electron chi connectivity index (χ4n) is 1.79. The van der Waals surface area contributed by atoms with Crippen LogP contribution in [0.15, 0.2) is 40.9 Å². The first-order chi connectivity index (χ1) is 9.99. The molecular weight excluding hydrogens is 332 g/mol. The standard InChI is InChI=1S/C15H17BrN4O/c1-9(2)13-7-10(8-14(19-13)20-17)15(21)18-12-5-3-11(16)4-6-12/h3-9H,17H2,1-2H3,(H,18,21)(H,19,20). The monoisotopic (exact) mass is 348 g/mol. The molecule has 0 radical (unpaired) electrons. The molecule has 2 rings (SSSR count). The Morgan fingerprint density at radius 1 is 1.24 bits per heavy atom. The second-order valence-electron chi connectivity index (χ2n) is 4.93. The number of nitrogens with two attached hydrogens (primary N) is 1. The molecule has 0 fully saturated rings. The summed E-state index contributed by atoms with van der Waals surface area (Å²) in [6, 6.07) is 10.8. The largest absolute Gasteiger partial charge is 0.322 e. The van der Waals surface area contributed by atoms with E-state index in [-0.39, 0.29) is 11.8 Å². The highest BCUT2D eigenvalue weighted by Gasteiger charge is 2.12. The molecule has 1 heterocycles. The number of hydrogen-bond acceptors (Lipinski definition) is 4. The van der Waals surface area contributed by atoms with Crippen LogP contribution in [0, 0.1) is 0 Å². The van der Waals surface area contributed by atoms with Gasteiger partial charge in [0.1, 0.15) is 5.82 Å². The minimum absolute atomic E-state index is 0.196. The summed E-state index contributed by atoms with van der Waals surface area (Å²) in [4.78, 5) is 16.7. The van der Waals surface area contributed by atoms with Gasteiger partial charge in [0.05, 0.1) is 0 Å². The average molecular weight is 349 g/mol. The molecule has 6 heteroatoms. The van der Waals surface area contributed by atoms with Gasteiger partial charge in [-0.05, 0) is 42.3 Å². The molecule has 0 saturated carbocycles. The number of anilines is 2. The number of benzene rings is 1. The molecule has 4 N–H and O–H groups in total. The number of hydrazine groups is 1. The van der Waals surface area contributed by atoms with E-state index in [9.17, 15) is 4.79 Å². The maximum absolute atomic E-state index is 12.3. The molecule has 1 aromatic heterocycles. The number of nitrogens with zero attached hydrogens (tertiary/aromatic N) is 1. The molecule has 21 heavy (non-hydrogen) atoms. The summed E-state index contributed by atoms with van der Waals surface area (Å²) in [6.45, 7) is 4.03. The predicted molar refractivity (Wildman–Crippen MR) is 88.2 cm³/mol. The third-order valence-electron chi connectivity index (χ3n) is 2.95. The summed E-state index contributed by atoms with van der Waals surface area (Å²) in [7, 11) is 0. The van der Waals surface area contributed by atoms with Gasteiger partial charge in [-0.15, -0.1) is 0 Å². The number of carbonyl (C=O) groups excluding carboxylic acids is 1. The molecule has 0 aliphatic rings. The van der Waals surface area contributed by atoms with Gasteiger partial charge < -0.3 is 10.7 Å². The van der Waals surface area contributed by atoms with Crippen LogP contribution in [0.25, 0.3) is 0 Å². The van der Waals surface area contributed by atoms with Crippen molar-refractivity contribution in [2.75, 3.05) is 10.7 Å². The maximum Gasteiger partial charge on any atom is 0.255 e. The van der Waals surface area contributed by atoms with E-state index in [4.69, 9.17) is 5.84 Å². The molecule has 0 unspecified atom stereocenters. The maximum atomic E-state index is 12.3. The lowest BCUT2D eigenvalue weighted by Crippen LogP contribution is -2.16. The molecule has 1 amide bonds. The van der Waals surface area contributed by atoms with Gasteiger partial charge in [0, 0.05) is 21.4 Å². The summed E-state index contributed by atoms with van der Waals surface area (Å²) in [5.41, 5.74) is 4.55. The van der Waals surface area contributed by atoms with E-state index in [1.54, 1.807) is 12.1 Å². The van der Waals surface area contributed by atoms with Gasteiger partial charge in [-0.25, -0.2) is 10.8 Å². The second kappa shape index (κ2) is 6.69. The van der Waals surface area contributed by atoms with Crippen LogP contribution >= 0.6 is 15.9 Å². The Hall–Kier alpha value is -1.92. The molecular formula is C15H17BrN4O. The smallest absolute Gasteiger partial charge is 0.255 e. The number of nitrogens with one attached hydrogen (secondary N) is 2. The Kier molecular flexibility index (Phi) is 4.93. The van der Waals surface area contributed by atoms with Crippen LogP contribution in [0.2, 0.25) is 0 Å². The molecule has 0 saturated heterocycles. The second-order valence-corrected chi connectivity index (χ2v) is 5.84. The number of aromatic nitrogens is 1. The molecule has 0 bridgehead atoms. The van der Waals surface area contributed by atoms with E-state index in [0.717, 1.165) is 15.9 Å². The number of nitrogen functional groups attached to an aromatic ring is 1. The molecule has 1 aromatic carbocycles. The molecule has 0 aliphatic carbocycles. The van der Waals surface area contributed by atoms with E-state index >= 15 is 0 Å². The van der Waals surface area contributed by atoms with Gasteiger partial charge >= 0.3 is 0 Å². The summed E-state index contributed by atoms with van der Waals surface area (Å²) < 4.78 is 0.959. The van der Waals surface area contributed by atoms with Gasteiger partial charge in [-0.1, -0.05) is 29.8 Å². The zero-order valence-electron chi connectivity index (χ0n) is 11.9. The van der Waals surface area contributed by atoms with E-state index in [2.05, 4.69) is 31.7 Å². The van der Waals surface area contributed by atoms with E-state index in [1.807, 2.05) is 38.1 Å². The zero-order valence-corrected chi connectivity index (χ0v) is 13.4. The first-order valence-corrected chi connectivity index (χ1v) is 7.34. The Bertz CT molecular complexity index is 641. The van der Waals surface area contributed by atoms with Crippen molar-refractivity contribution >= 4 is 33.3 Å². The lowest BCUT2D eigenvalue weighted by Gasteiger charge is -2.11.